The number of halogens is 3. The Labute approximate surface area is 218 Å². The monoisotopic (exact) mass is 522 g/mol. The van der Waals surface area contributed by atoms with Crippen molar-refractivity contribution in [3.05, 3.63) is 88.5 Å². The lowest BCUT2D eigenvalue weighted by Gasteiger charge is -2.36. The molecule has 0 saturated carbocycles. The number of benzene rings is 1. The Hall–Kier alpha value is -3.95. The van der Waals surface area contributed by atoms with Crippen LogP contribution in [-0.4, -0.2) is 41.7 Å². The quantitative estimate of drug-likeness (QED) is 0.335. The van der Waals surface area contributed by atoms with Gasteiger partial charge < -0.3 is 9.47 Å². The highest BCUT2D eigenvalue weighted by molar-refractivity contribution is 5.99. The molecule has 0 N–H and O–H groups in total. The van der Waals surface area contributed by atoms with Crippen LogP contribution in [0.3, 0.4) is 0 Å². The SMILES string of the molecule is CC[C@@H](c1cncc(C)c1)N1CCc2c(cc(Cn3ccnc3C)cc2-c2cn(C)nc2C(F)(F)F)C1=O. The molecule has 0 radical (unpaired) electrons. The summed E-state index contributed by atoms with van der Waals surface area (Å²) >= 11 is 0. The van der Waals surface area contributed by atoms with Gasteiger partial charge in [-0.3, -0.25) is 14.5 Å². The Kier molecular flexibility index (Phi) is 6.58. The maximum Gasteiger partial charge on any atom is 0.435 e. The second-order valence-electron chi connectivity index (χ2n) is 9.80. The van der Waals surface area contributed by atoms with E-state index in [2.05, 4.69) is 15.1 Å². The molecule has 0 unspecified atom stereocenters. The van der Waals surface area contributed by atoms with Crippen molar-refractivity contribution >= 4 is 5.91 Å². The number of carbonyl (C=O) groups is 1. The van der Waals surface area contributed by atoms with Crippen LogP contribution in [0.25, 0.3) is 11.1 Å². The third-order valence-electron chi connectivity index (χ3n) is 7.11. The topological polar surface area (TPSA) is 68.8 Å². The van der Waals surface area contributed by atoms with E-state index in [1.165, 1.54) is 17.9 Å². The average molecular weight is 523 g/mol. The molecule has 1 atom stereocenters. The van der Waals surface area contributed by atoms with Crippen LogP contribution in [-0.2, 0) is 26.2 Å². The van der Waals surface area contributed by atoms with Gasteiger partial charge in [-0.05, 0) is 66.6 Å². The van der Waals surface area contributed by atoms with E-state index in [0.29, 0.717) is 42.6 Å². The largest absolute Gasteiger partial charge is 0.435 e. The number of hydrogen-bond donors (Lipinski definition) is 0. The van der Waals surface area contributed by atoms with Gasteiger partial charge in [-0.1, -0.05) is 13.0 Å². The molecule has 1 aliphatic heterocycles. The van der Waals surface area contributed by atoms with Gasteiger partial charge >= 0.3 is 6.18 Å². The molecule has 38 heavy (non-hydrogen) atoms. The van der Waals surface area contributed by atoms with Crippen molar-refractivity contribution in [2.24, 2.45) is 7.05 Å². The molecule has 0 spiro atoms. The van der Waals surface area contributed by atoms with Crippen LogP contribution in [0.4, 0.5) is 13.2 Å². The summed E-state index contributed by atoms with van der Waals surface area (Å²) in [5.74, 6) is 0.579. The highest BCUT2D eigenvalue weighted by Crippen LogP contribution is 2.41. The number of aryl methyl sites for hydroxylation is 3. The fraction of sp³-hybridized carbons (Fsp3) is 0.357. The number of nitrogens with zero attached hydrogens (tertiary/aromatic N) is 6. The van der Waals surface area contributed by atoms with Gasteiger partial charge in [-0.2, -0.15) is 18.3 Å². The molecule has 3 aromatic heterocycles. The highest BCUT2D eigenvalue weighted by Gasteiger charge is 2.39. The zero-order valence-electron chi connectivity index (χ0n) is 21.8. The van der Waals surface area contributed by atoms with Crippen LogP contribution in [0, 0.1) is 13.8 Å². The standard InChI is InChI=1S/C28H29F3N6O/c1-5-25(20-10-17(2)13-32-14-20)37-8-6-21-22(24-16-35(4)34-26(24)28(29,30)31)11-19(12-23(21)27(37)38)15-36-9-7-33-18(36)3/h7,9-14,16,25H,5-6,8,15H2,1-4H3/t25-/m0/s1. The second-order valence-corrected chi connectivity index (χ2v) is 9.80. The zero-order valence-corrected chi connectivity index (χ0v) is 21.8. The number of pyridine rings is 1. The number of imidazole rings is 1. The van der Waals surface area contributed by atoms with Crippen LogP contribution in [0.2, 0.25) is 0 Å². The first-order valence-corrected chi connectivity index (χ1v) is 12.5. The van der Waals surface area contributed by atoms with E-state index in [1.807, 2.05) is 48.6 Å². The first-order valence-electron chi connectivity index (χ1n) is 12.5. The van der Waals surface area contributed by atoms with Crippen molar-refractivity contribution in [2.45, 2.75) is 52.4 Å². The minimum absolute atomic E-state index is 0.0170. The van der Waals surface area contributed by atoms with E-state index < -0.39 is 11.9 Å². The average Bonchev–Trinajstić information content (AvgIpc) is 3.46. The number of hydrogen-bond acceptors (Lipinski definition) is 4. The zero-order chi connectivity index (χ0) is 27.2. The Morgan fingerprint density at radius 1 is 1.08 bits per heavy atom. The minimum Gasteiger partial charge on any atom is -0.331 e. The van der Waals surface area contributed by atoms with Gasteiger partial charge in [0.2, 0.25) is 0 Å². The Bertz CT molecular complexity index is 1500. The predicted octanol–water partition coefficient (Wildman–Crippen LogP) is 5.51. The molecule has 1 aromatic carbocycles. The molecule has 1 aliphatic rings. The maximum atomic E-state index is 14.0. The molecule has 5 rings (SSSR count). The number of carbonyl (C=O) groups excluding carboxylic acids is 1. The lowest BCUT2D eigenvalue weighted by Crippen LogP contribution is -2.40. The fourth-order valence-electron chi connectivity index (χ4n) is 5.37. The number of fused-ring (bicyclic) bond motifs is 1. The molecule has 1 amide bonds. The third-order valence-corrected chi connectivity index (χ3v) is 7.11. The van der Waals surface area contributed by atoms with Crippen molar-refractivity contribution in [3.63, 3.8) is 0 Å². The normalized spacial score (nSPS) is 14.6. The summed E-state index contributed by atoms with van der Waals surface area (Å²) in [6.07, 6.45) is 4.91. The maximum absolute atomic E-state index is 14.0. The number of aromatic nitrogens is 5. The van der Waals surface area contributed by atoms with Gasteiger partial charge in [0.25, 0.3) is 5.91 Å². The van der Waals surface area contributed by atoms with Crippen LogP contribution < -0.4 is 0 Å². The minimum atomic E-state index is -4.63. The second kappa shape index (κ2) is 9.74. The Morgan fingerprint density at radius 3 is 2.50 bits per heavy atom. The molecule has 10 heteroatoms. The van der Waals surface area contributed by atoms with Crippen molar-refractivity contribution in [2.75, 3.05) is 6.54 Å². The molecule has 7 nitrogen and oxygen atoms in total. The van der Waals surface area contributed by atoms with Crippen LogP contribution in [0.1, 0.15) is 63.5 Å². The summed E-state index contributed by atoms with van der Waals surface area (Å²) in [7, 11) is 1.47. The van der Waals surface area contributed by atoms with E-state index in [4.69, 9.17) is 0 Å². The molecular formula is C28H29F3N6O. The lowest BCUT2D eigenvalue weighted by atomic mass is 9.87. The van der Waals surface area contributed by atoms with Crippen molar-refractivity contribution in [1.82, 2.24) is 29.2 Å². The predicted molar refractivity (Wildman–Crippen MR) is 136 cm³/mol. The van der Waals surface area contributed by atoms with Crippen LogP contribution in [0.5, 0.6) is 0 Å². The molecule has 0 bridgehead atoms. The summed E-state index contributed by atoms with van der Waals surface area (Å²) in [5, 5.41) is 3.72. The van der Waals surface area contributed by atoms with E-state index in [-0.39, 0.29) is 17.5 Å². The van der Waals surface area contributed by atoms with Crippen LogP contribution >= 0.6 is 0 Å². The number of rotatable bonds is 6. The van der Waals surface area contributed by atoms with Gasteiger partial charge in [0, 0.05) is 62.2 Å². The molecule has 0 aliphatic carbocycles. The summed E-state index contributed by atoms with van der Waals surface area (Å²) in [5.41, 5.74) is 3.14. The Morgan fingerprint density at radius 2 is 1.84 bits per heavy atom. The van der Waals surface area contributed by atoms with E-state index >= 15 is 0 Å². The van der Waals surface area contributed by atoms with Gasteiger partial charge in [0.05, 0.1) is 6.04 Å². The van der Waals surface area contributed by atoms with Gasteiger partial charge in [0.1, 0.15) is 5.82 Å². The van der Waals surface area contributed by atoms with Crippen LogP contribution in [0.15, 0.2) is 49.2 Å². The first-order chi connectivity index (χ1) is 18.1. The molecule has 0 saturated heterocycles. The molecular weight excluding hydrogens is 493 g/mol. The first kappa shape index (κ1) is 25.7. The summed E-state index contributed by atoms with van der Waals surface area (Å²) in [6.45, 7) is 6.60. The molecule has 4 heterocycles. The van der Waals surface area contributed by atoms with Crippen molar-refractivity contribution in [3.8, 4) is 11.1 Å². The Balaban J connectivity index is 1.65. The number of amides is 1. The third kappa shape index (κ3) is 4.70. The van der Waals surface area contributed by atoms with Gasteiger partial charge in [-0.25, -0.2) is 4.98 Å². The summed E-state index contributed by atoms with van der Waals surface area (Å²) in [6, 6.07) is 5.42. The molecule has 198 valence electrons. The molecule has 4 aromatic rings. The van der Waals surface area contributed by atoms with E-state index in [0.717, 1.165) is 22.5 Å². The lowest BCUT2D eigenvalue weighted by molar-refractivity contribution is -0.140. The summed E-state index contributed by atoms with van der Waals surface area (Å²) < 4.78 is 45.0. The smallest absolute Gasteiger partial charge is 0.331 e. The van der Waals surface area contributed by atoms with Gasteiger partial charge in [-0.15, -0.1) is 0 Å². The summed E-state index contributed by atoms with van der Waals surface area (Å²) in [4.78, 5) is 24.4. The fourth-order valence-corrected chi connectivity index (χ4v) is 5.37. The highest BCUT2D eigenvalue weighted by atomic mass is 19.4. The van der Waals surface area contributed by atoms with Crippen molar-refractivity contribution in [1.29, 1.82) is 0 Å². The number of alkyl halides is 3. The molecule has 0 fully saturated rings. The van der Waals surface area contributed by atoms with E-state index in [9.17, 15) is 18.0 Å². The van der Waals surface area contributed by atoms with E-state index in [1.54, 1.807) is 24.7 Å². The van der Waals surface area contributed by atoms with Gasteiger partial charge in [0.15, 0.2) is 5.69 Å². The van der Waals surface area contributed by atoms with Crippen molar-refractivity contribution < 1.29 is 18.0 Å².